The molecule has 1 aromatic carbocycles. The predicted molar refractivity (Wildman–Crippen MR) is 105 cm³/mol. The Kier molecular flexibility index (Phi) is 4.71. The molecule has 0 saturated heterocycles. The molecule has 0 radical (unpaired) electrons. The van der Waals surface area contributed by atoms with Crippen molar-refractivity contribution < 1.29 is 14.3 Å². The van der Waals surface area contributed by atoms with E-state index in [2.05, 4.69) is 5.32 Å². The summed E-state index contributed by atoms with van der Waals surface area (Å²) < 4.78 is 15.9. The van der Waals surface area contributed by atoms with Crippen molar-refractivity contribution in [1.29, 1.82) is 0 Å². The van der Waals surface area contributed by atoms with Gasteiger partial charge < -0.3 is 15.0 Å². The molecule has 2 aromatic rings. The van der Waals surface area contributed by atoms with E-state index in [0.29, 0.717) is 42.4 Å². The van der Waals surface area contributed by atoms with Crippen molar-refractivity contribution in [3.63, 3.8) is 0 Å². The second-order valence-corrected chi connectivity index (χ2v) is 9.00. The molecule has 1 amide bonds. The lowest BCUT2D eigenvalue weighted by molar-refractivity contribution is 0.0893. The van der Waals surface area contributed by atoms with Gasteiger partial charge >= 0.3 is 0 Å². The van der Waals surface area contributed by atoms with Gasteiger partial charge in [-0.2, -0.15) is 0 Å². The number of aromatic nitrogens is 1. The normalized spacial score (nSPS) is 26.9. The molecule has 2 saturated carbocycles. The van der Waals surface area contributed by atoms with Crippen molar-refractivity contribution in [2.45, 2.75) is 63.3 Å². The molecule has 2 fully saturated rings. The molecule has 4 rings (SSSR count). The summed E-state index contributed by atoms with van der Waals surface area (Å²) in [6.45, 7) is 2.68. The highest BCUT2D eigenvalue weighted by Crippen LogP contribution is 2.39. The number of fused-ring (bicyclic) bond motifs is 1. The summed E-state index contributed by atoms with van der Waals surface area (Å²) in [5.74, 6) is 0.150. The zero-order valence-electron chi connectivity index (χ0n) is 15.6. The molecule has 0 unspecified atom stereocenters. The lowest BCUT2D eigenvalue weighted by Gasteiger charge is -2.31. The molecule has 6 heteroatoms. The molecule has 0 aliphatic heterocycles. The van der Waals surface area contributed by atoms with Crippen molar-refractivity contribution in [2.24, 2.45) is 5.92 Å². The highest BCUT2D eigenvalue weighted by Gasteiger charge is 2.41. The lowest BCUT2D eigenvalue weighted by atomic mass is 9.81. The van der Waals surface area contributed by atoms with Crippen molar-refractivity contribution in [3.8, 4) is 0 Å². The minimum atomic E-state index is -1.06. The molecule has 0 atom stereocenters. The Hall–Kier alpha value is -1.59. The van der Waals surface area contributed by atoms with Crippen LogP contribution in [0.4, 0.5) is 4.39 Å². The van der Waals surface area contributed by atoms with Gasteiger partial charge in [0, 0.05) is 18.1 Å². The van der Waals surface area contributed by atoms with E-state index in [0.717, 1.165) is 36.6 Å². The first-order valence-corrected chi connectivity index (χ1v) is 10.1. The quantitative estimate of drug-likeness (QED) is 0.788. The summed E-state index contributed by atoms with van der Waals surface area (Å²) in [6, 6.07) is 5.56. The Morgan fingerprint density at radius 3 is 2.70 bits per heavy atom. The maximum atomic E-state index is 13.9. The SMILES string of the molecule is CC1(F)CCC(CNC(=O)c2cn(CC3(O)CC3)c3cccc(Cl)c23)CC1. The summed E-state index contributed by atoms with van der Waals surface area (Å²) in [5, 5.41) is 14.6. The number of aliphatic hydroxyl groups is 1. The van der Waals surface area contributed by atoms with E-state index in [1.807, 2.05) is 16.7 Å². The van der Waals surface area contributed by atoms with Gasteiger partial charge in [0.1, 0.15) is 5.67 Å². The molecule has 1 aromatic heterocycles. The Balaban J connectivity index is 1.51. The molecule has 1 heterocycles. The Morgan fingerprint density at radius 1 is 1.33 bits per heavy atom. The maximum Gasteiger partial charge on any atom is 0.253 e. The molecule has 27 heavy (non-hydrogen) atoms. The van der Waals surface area contributed by atoms with Crippen LogP contribution in [0.25, 0.3) is 10.9 Å². The Bertz CT molecular complexity index is 862. The van der Waals surface area contributed by atoms with E-state index in [4.69, 9.17) is 11.6 Å². The third kappa shape index (κ3) is 3.99. The minimum absolute atomic E-state index is 0.164. The number of nitrogens with one attached hydrogen (secondary N) is 1. The maximum absolute atomic E-state index is 13.9. The van der Waals surface area contributed by atoms with E-state index >= 15 is 0 Å². The highest BCUT2D eigenvalue weighted by molar-refractivity contribution is 6.36. The summed E-state index contributed by atoms with van der Waals surface area (Å²) in [7, 11) is 0. The summed E-state index contributed by atoms with van der Waals surface area (Å²) in [6.07, 6.45) is 6.05. The molecule has 0 spiro atoms. The second kappa shape index (κ2) is 6.78. The predicted octanol–water partition coefficient (Wildman–Crippen LogP) is 4.47. The average Bonchev–Trinajstić information content (AvgIpc) is 3.23. The van der Waals surface area contributed by atoms with E-state index in [9.17, 15) is 14.3 Å². The smallest absolute Gasteiger partial charge is 0.253 e. The van der Waals surface area contributed by atoms with Crippen LogP contribution in [0.3, 0.4) is 0 Å². The van der Waals surface area contributed by atoms with Crippen molar-refractivity contribution in [1.82, 2.24) is 9.88 Å². The van der Waals surface area contributed by atoms with Gasteiger partial charge in [-0.25, -0.2) is 4.39 Å². The van der Waals surface area contributed by atoms with Gasteiger partial charge in [-0.15, -0.1) is 0 Å². The number of benzene rings is 1. The van der Waals surface area contributed by atoms with E-state index in [1.54, 1.807) is 19.2 Å². The molecule has 2 N–H and O–H groups in total. The average molecular weight is 393 g/mol. The van der Waals surface area contributed by atoms with Crippen LogP contribution >= 0.6 is 11.6 Å². The molecule has 2 aliphatic rings. The summed E-state index contributed by atoms with van der Waals surface area (Å²) >= 11 is 6.39. The number of halogens is 2. The van der Waals surface area contributed by atoms with E-state index in [-0.39, 0.29) is 5.91 Å². The monoisotopic (exact) mass is 392 g/mol. The van der Waals surface area contributed by atoms with Crippen LogP contribution in [0.1, 0.15) is 55.8 Å². The first-order chi connectivity index (χ1) is 12.8. The first kappa shape index (κ1) is 18.8. The van der Waals surface area contributed by atoms with Gasteiger partial charge in [-0.3, -0.25) is 4.79 Å². The van der Waals surface area contributed by atoms with Crippen LogP contribution in [-0.2, 0) is 6.54 Å². The topological polar surface area (TPSA) is 54.3 Å². The first-order valence-electron chi connectivity index (χ1n) is 9.73. The van der Waals surface area contributed by atoms with Gasteiger partial charge in [-0.1, -0.05) is 17.7 Å². The van der Waals surface area contributed by atoms with Crippen molar-refractivity contribution in [3.05, 3.63) is 35.0 Å². The molecule has 2 aliphatic carbocycles. The van der Waals surface area contributed by atoms with Crippen LogP contribution < -0.4 is 5.32 Å². The van der Waals surface area contributed by atoms with Gasteiger partial charge in [0.05, 0.1) is 28.2 Å². The van der Waals surface area contributed by atoms with E-state index < -0.39 is 11.3 Å². The number of amides is 1. The Labute approximate surface area is 163 Å². The highest BCUT2D eigenvalue weighted by atomic mass is 35.5. The zero-order valence-corrected chi connectivity index (χ0v) is 16.4. The lowest BCUT2D eigenvalue weighted by Crippen LogP contribution is -2.34. The van der Waals surface area contributed by atoms with Crippen LogP contribution in [0.2, 0.25) is 5.02 Å². The summed E-state index contributed by atoms with van der Waals surface area (Å²) in [4.78, 5) is 12.9. The van der Waals surface area contributed by atoms with Crippen LogP contribution in [0.15, 0.2) is 24.4 Å². The van der Waals surface area contributed by atoms with Gasteiger partial charge in [0.25, 0.3) is 5.91 Å². The van der Waals surface area contributed by atoms with E-state index in [1.165, 1.54) is 0 Å². The third-order valence-corrected chi connectivity index (χ3v) is 6.41. The third-order valence-electron chi connectivity index (χ3n) is 6.09. The largest absolute Gasteiger partial charge is 0.388 e. The van der Waals surface area contributed by atoms with Gasteiger partial charge in [0.2, 0.25) is 0 Å². The molecular formula is C21H26ClFN2O2. The van der Waals surface area contributed by atoms with Gasteiger partial charge in [-0.05, 0) is 63.5 Å². The molecular weight excluding hydrogens is 367 g/mol. The number of rotatable bonds is 5. The fourth-order valence-corrected chi connectivity index (χ4v) is 4.32. The number of alkyl halides is 1. The number of carbonyl (C=O) groups is 1. The zero-order chi connectivity index (χ0) is 19.2. The summed E-state index contributed by atoms with van der Waals surface area (Å²) in [5.41, 5.74) is -0.335. The van der Waals surface area contributed by atoms with Gasteiger partial charge in [0.15, 0.2) is 0 Å². The van der Waals surface area contributed by atoms with Crippen LogP contribution in [0, 0.1) is 5.92 Å². The molecule has 4 nitrogen and oxygen atoms in total. The standard InChI is InChI=1S/C21H26ClFN2O2/c1-20(23)7-5-14(6-8-20)11-24-19(26)15-12-25(13-21(27)9-10-21)17-4-2-3-16(22)18(15)17/h2-4,12,14,27H,5-11,13H2,1H3,(H,24,26). The molecule has 0 bridgehead atoms. The fourth-order valence-electron chi connectivity index (χ4n) is 4.05. The fraction of sp³-hybridized carbons (Fsp3) is 0.571. The van der Waals surface area contributed by atoms with Crippen molar-refractivity contribution >= 4 is 28.4 Å². The minimum Gasteiger partial charge on any atom is -0.388 e. The Morgan fingerprint density at radius 2 is 2.04 bits per heavy atom. The van der Waals surface area contributed by atoms with Crippen LogP contribution in [0.5, 0.6) is 0 Å². The number of hydrogen-bond donors (Lipinski definition) is 2. The van der Waals surface area contributed by atoms with Crippen LogP contribution in [-0.4, -0.2) is 33.4 Å². The number of nitrogens with zero attached hydrogens (tertiary/aromatic N) is 1. The molecule has 146 valence electrons. The van der Waals surface area contributed by atoms with Crippen molar-refractivity contribution in [2.75, 3.05) is 6.54 Å². The number of hydrogen-bond acceptors (Lipinski definition) is 2. The second-order valence-electron chi connectivity index (χ2n) is 8.60. The number of carbonyl (C=O) groups excluding carboxylic acids is 1.